The van der Waals surface area contributed by atoms with Gasteiger partial charge in [0.15, 0.2) is 0 Å². The lowest BCUT2D eigenvalue weighted by atomic mass is 9.88. The van der Waals surface area contributed by atoms with Crippen LogP contribution in [0.5, 0.6) is 5.75 Å². The highest BCUT2D eigenvalue weighted by Crippen LogP contribution is 2.37. The van der Waals surface area contributed by atoms with Crippen molar-refractivity contribution in [1.29, 1.82) is 0 Å². The van der Waals surface area contributed by atoms with E-state index in [1.165, 1.54) is 30.5 Å². The van der Waals surface area contributed by atoms with Crippen LogP contribution in [0, 0.1) is 0 Å². The second-order valence-electron chi connectivity index (χ2n) is 12.0. The monoisotopic (exact) mass is 614 g/mol. The number of nitrogens with two attached hydrogens (primary N) is 1. The second-order valence-corrected chi connectivity index (χ2v) is 14.1. The Morgan fingerprint density at radius 1 is 0.909 bits per heavy atom. The van der Waals surface area contributed by atoms with Gasteiger partial charge in [-0.15, -0.1) is 0 Å². The smallest absolute Gasteiger partial charge is 0.221 e. The van der Waals surface area contributed by atoms with Gasteiger partial charge in [-0.25, -0.2) is 12.7 Å². The predicted molar refractivity (Wildman–Crippen MR) is 177 cm³/mol. The molecule has 0 radical (unpaired) electrons. The van der Waals surface area contributed by atoms with Gasteiger partial charge in [-0.1, -0.05) is 36.4 Å². The van der Waals surface area contributed by atoms with Crippen molar-refractivity contribution in [3.05, 3.63) is 84.1 Å². The molecule has 0 spiro atoms. The fraction of sp³-hybridized carbons (Fsp3) is 0.400. The number of benzene rings is 3. The number of anilines is 1. The molecular formula is C35H42N4O4S. The Morgan fingerprint density at radius 3 is 2.43 bits per heavy atom. The van der Waals surface area contributed by atoms with E-state index in [-0.39, 0.29) is 24.0 Å². The number of sulfonamides is 1. The summed E-state index contributed by atoms with van der Waals surface area (Å²) in [5, 5.41) is 1.07. The first-order chi connectivity index (χ1) is 21.4. The van der Waals surface area contributed by atoms with Crippen molar-refractivity contribution < 1.29 is 17.9 Å². The van der Waals surface area contributed by atoms with Crippen molar-refractivity contribution in [3.8, 4) is 16.9 Å². The number of carbonyl (C=O) groups excluding carboxylic acids is 1. The van der Waals surface area contributed by atoms with Gasteiger partial charge < -0.3 is 20.4 Å². The first-order valence-corrected chi connectivity index (χ1v) is 17.4. The molecule has 3 heterocycles. The molecule has 6 rings (SSSR count). The number of carbonyl (C=O) groups is 1. The highest BCUT2D eigenvalue weighted by atomic mass is 32.2. The van der Waals surface area contributed by atoms with Gasteiger partial charge in [0, 0.05) is 55.0 Å². The van der Waals surface area contributed by atoms with Gasteiger partial charge in [-0.05, 0) is 91.0 Å². The first-order valence-electron chi connectivity index (χ1n) is 15.8. The summed E-state index contributed by atoms with van der Waals surface area (Å²) in [6.45, 7) is 3.50. The molecule has 0 bridgehead atoms. The summed E-state index contributed by atoms with van der Waals surface area (Å²) in [5.41, 5.74) is 11.8. The lowest BCUT2D eigenvalue weighted by molar-refractivity contribution is -0.117. The Labute approximate surface area is 260 Å². The molecule has 3 aromatic carbocycles. The topological polar surface area (TPSA) is 109 Å². The van der Waals surface area contributed by atoms with Gasteiger partial charge in [0.1, 0.15) is 5.75 Å². The van der Waals surface area contributed by atoms with E-state index >= 15 is 0 Å². The third-order valence-electron chi connectivity index (χ3n) is 9.02. The second kappa shape index (κ2) is 13.4. The summed E-state index contributed by atoms with van der Waals surface area (Å²) in [5.74, 6) is 0.716. The number of nitrogens with one attached hydrogen (secondary N) is 1. The number of nitrogens with zero attached hydrogens (tertiary/aromatic N) is 2. The fourth-order valence-corrected chi connectivity index (χ4v) is 8.23. The quantitative estimate of drug-likeness (QED) is 0.207. The Balaban J connectivity index is 1.07. The van der Waals surface area contributed by atoms with Gasteiger partial charge in [0.2, 0.25) is 15.9 Å². The van der Waals surface area contributed by atoms with Crippen LogP contribution < -0.4 is 15.4 Å². The molecule has 4 aromatic rings. The van der Waals surface area contributed by atoms with Crippen LogP contribution in [-0.4, -0.2) is 62.2 Å². The Hall–Kier alpha value is -3.82. The molecule has 2 fully saturated rings. The number of H-pyrrole nitrogens is 1. The maximum absolute atomic E-state index is 13.2. The lowest BCUT2D eigenvalue weighted by Crippen LogP contribution is -2.39. The van der Waals surface area contributed by atoms with Crippen molar-refractivity contribution in [3.63, 3.8) is 0 Å². The number of rotatable bonds is 11. The minimum absolute atomic E-state index is 0.0769. The van der Waals surface area contributed by atoms with Crippen LogP contribution >= 0.6 is 0 Å². The number of primary amides is 1. The van der Waals surface area contributed by atoms with Gasteiger partial charge in [0.05, 0.1) is 18.8 Å². The molecule has 0 aliphatic carbocycles. The highest BCUT2D eigenvalue weighted by Gasteiger charge is 2.30. The molecule has 0 atom stereocenters. The maximum Gasteiger partial charge on any atom is 0.221 e. The van der Waals surface area contributed by atoms with E-state index < -0.39 is 10.0 Å². The number of fused-ring (bicyclic) bond motifs is 1. The van der Waals surface area contributed by atoms with E-state index in [0.29, 0.717) is 26.1 Å². The standard InChI is InChI=1S/C35H42N4O4S/c36-34(40)23-29-21-28(26-9-3-1-4-10-26)22-32-33(25-37-35(29)32)27-13-17-39(18-14-27)44(41,42)20-8-19-43-31-12-7-11-30(24-31)38-15-5-2-6-16-38/h1,3-4,7,9-12,21-22,24-25,27,37H,2,5-6,8,13-20,23H2,(H2,36,40). The number of amides is 1. The molecule has 1 aromatic heterocycles. The number of ether oxygens (including phenoxy) is 1. The summed E-state index contributed by atoms with van der Waals surface area (Å²) >= 11 is 0. The molecule has 0 saturated carbocycles. The van der Waals surface area contributed by atoms with E-state index in [1.54, 1.807) is 4.31 Å². The van der Waals surface area contributed by atoms with Crippen molar-refractivity contribution >= 4 is 32.5 Å². The minimum Gasteiger partial charge on any atom is -0.493 e. The molecule has 3 N–H and O–H groups in total. The number of piperidine rings is 2. The van der Waals surface area contributed by atoms with Crippen LogP contribution in [0.25, 0.3) is 22.0 Å². The zero-order valence-corrected chi connectivity index (χ0v) is 26.0. The summed E-state index contributed by atoms with van der Waals surface area (Å²) in [6, 6.07) is 22.4. The Bertz CT molecular complexity index is 1690. The van der Waals surface area contributed by atoms with E-state index in [2.05, 4.69) is 40.2 Å². The van der Waals surface area contributed by atoms with Gasteiger partial charge in [-0.2, -0.15) is 0 Å². The zero-order valence-electron chi connectivity index (χ0n) is 25.2. The van der Waals surface area contributed by atoms with E-state index in [1.807, 2.05) is 42.6 Å². The van der Waals surface area contributed by atoms with Crippen LogP contribution in [0.4, 0.5) is 5.69 Å². The van der Waals surface area contributed by atoms with E-state index in [0.717, 1.165) is 59.3 Å². The summed E-state index contributed by atoms with van der Waals surface area (Å²) in [7, 11) is -3.37. The maximum atomic E-state index is 13.2. The largest absolute Gasteiger partial charge is 0.493 e. The van der Waals surface area contributed by atoms with Crippen LogP contribution in [-0.2, 0) is 21.2 Å². The van der Waals surface area contributed by atoms with Crippen LogP contribution in [0.1, 0.15) is 55.6 Å². The molecule has 2 aliphatic rings. The normalized spacial score (nSPS) is 16.8. The number of aromatic nitrogens is 1. The van der Waals surface area contributed by atoms with Gasteiger partial charge in [-0.3, -0.25) is 4.79 Å². The average Bonchev–Trinajstić information content (AvgIpc) is 3.48. The van der Waals surface area contributed by atoms with Crippen LogP contribution in [0.2, 0.25) is 0 Å². The number of hydrogen-bond acceptors (Lipinski definition) is 5. The molecule has 1 amide bonds. The molecule has 2 aliphatic heterocycles. The SMILES string of the molecule is NC(=O)Cc1cc(-c2ccccc2)cc2c(C3CCN(S(=O)(=O)CCCOc4cccc(N5CCCCC5)c4)CC3)c[nH]c12. The van der Waals surface area contributed by atoms with Crippen LogP contribution in [0.15, 0.2) is 72.9 Å². The van der Waals surface area contributed by atoms with Crippen molar-refractivity contribution in [2.45, 2.75) is 50.9 Å². The van der Waals surface area contributed by atoms with Crippen LogP contribution in [0.3, 0.4) is 0 Å². The Kier molecular flexibility index (Phi) is 9.23. The molecule has 8 nitrogen and oxygen atoms in total. The van der Waals surface area contributed by atoms with Crippen molar-refractivity contribution in [1.82, 2.24) is 9.29 Å². The summed E-state index contributed by atoms with van der Waals surface area (Å²) in [4.78, 5) is 17.7. The van der Waals surface area contributed by atoms with E-state index in [4.69, 9.17) is 10.5 Å². The molecular weight excluding hydrogens is 572 g/mol. The molecule has 232 valence electrons. The third-order valence-corrected chi connectivity index (χ3v) is 11.0. The lowest BCUT2D eigenvalue weighted by Gasteiger charge is -2.31. The molecule has 0 unspecified atom stereocenters. The predicted octanol–water partition coefficient (Wildman–Crippen LogP) is 5.83. The first kappa shape index (κ1) is 30.2. The Morgan fingerprint density at radius 2 is 1.68 bits per heavy atom. The van der Waals surface area contributed by atoms with Crippen molar-refractivity contribution in [2.75, 3.05) is 43.4 Å². The molecule has 2 saturated heterocycles. The summed E-state index contributed by atoms with van der Waals surface area (Å²) in [6.07, 6.45) is 7.83. The van der Waals surface area contributed by atoms with E-state index in [9.17, 15) is 13.2 Å². The summed E-state index contributed by atoms with van der Waals surface area (Å²) < 4.78 is 34.1. The number of hydrogen-bond donors (Lipinski definition) is 2. The minimum atomic E-state index is -3.37. The van der Waals surface area contributed by atoms with Crippen molar-refractivity contribution in [2.24, 2.45) is 5.73 Å². The average molecular weight is 615 g/mol. The van der Waals surface area contributed by atoms with Gasteiger partial charge >= 0.3 is 0 Å². The third kappa shape index (κ3) is 6.94. The van der Waals surface area contributed by atoms with Gasteiger partial charge in [0.25, 0.3) is 0 Å². The molecule has 9 heteroatoms. The fourth-order valence-electron chi connectivity index (χ4n) is 6.72. The molecule has 44 heavy (non-hydrogen) atoms. The zero-order chi connectivity index (χ0) is 30.5. The highest BCUT2D eigenvalue weighted by molar-refractivity contribution is 7.89. The number of aromatic amines is 1.